The van der Waals surface area contributed by atoms with Crippen molar-refractivity contribution in [3.63, 3.8) is 0 Å². The monoisotopic (exact) mass is 1200 g/mol. The van der Waals surface area contributed by atoms with Crippen molar-refractivity contribution in [1.29, 1.82) is 0 Å². The summed E-state index contributed by atoms with van der Waals surface area (Å²) in [6.45, 7) is 4.85. The third-order valence-corrected chi connectivity index (χ3v) is 18.3. The summed E-state index contributed by atoms with van der Waals surface area (Å²) in [4.78, 5) is 23.4. The third-order valence-electron chi connectivity index (χ3n) is 17.3. The number of unbranched alkanes of at least 4 members (excludes halogenated alkanes) is 53. The molecule has 0 aliphatic heterocycles. The summed E-state index contributed by atoms with van der Waals surface area (Å²) in [7, 11) is 1.56. The molecular weight excluding hydrogens is 1060 g/mol. The Kier molecular flexibility index (Phi) is 65.1. The number of allylic oxidation sites excluding steroid dienone is 5. The van der Waals surface area contributed by atoms with Crippen molar-refractivity contribution in [2.45, 2.75) is 398 Å². The van der Waals surface area contributed by atoms with Crippen molar-refractivity contribution < 1.29 is 32.9 Å². The predicted octanol–water partition coefficient (Wildman–Crippen LogP) is 24.0. The second-order valence-electron chi connectivity index (χ2n) is 27.0. The van der Waals surface area contributed by atoms with Gasteiger partial charge in [0.2, 0.25) is 5.91 Å². The first-order valence-corrected chi connectivity index (χ1v) is 38.9. The van der Waals surface area contributed by atoms with Crippen molar-refractivity contribution in [1.82, 2.24) is 5.32 Å². The van der Waals surface area contributed by atoms with Crippen LogP contribution in [0.4, 0.5) is 0 Å². The zero-order valence-corrected chi connectivity index (χ0v) is 58.1. The lowest BCUT2D eigenvalue weighted by Gasteiger charge is -2.25. The molecular formula is C75H148N2O6P+. The van der Waals surface area contributed by atoms with Gasteiger partial charge in [0.05, 0.1) is 39.9 Å². The largest absolute Gasteiger partial charge is 0.472 e. The lowest BCUT2D eigenvalue weighted by Crippen LogP contribution is -2.45. The summed E-state index contributed by atoms with van der Waals surface area (Å²) in [5.74, 6) is -0.183. The van der Waals surface area contributed by atoms with Crippen molar-refractivity contribution in [3.05, 3.63) is 36.5 Å². The number of carbonyl (C=O) groups is 1. The van der Waals surface area contributed by atoms with Gasteiger partial charge in [0.25, 0.3) is 0 Å². The first-order chi connectivity index (χ1) is 41.0. The summed E-state index contributed by atoms with van der Waals surface area (Å²) >= 11 is 0. The van der Waals surface area contributed by atoms with Crippen LogP contribution >= 0.6 is 7.82 Å². The van der Waals surface area contributed by atoms with Crippen LogP contribution in [-0.2, 0) is 18.4 Å². The molecule has 0 aliphatic rings. The molecule has 0 saturated heterocycles. The van der Waals surface area contributed by atoms with Crippen LogP contribution in [0.2, 0.25) is 0 Å². The molecule has 8 nitrogen and oxygen atoms in total. The standard InChI is InChI=1S/C75H147N2O6P/c1-6-8-10-12-14-16-18-20-22-24-26-28-30-31-32-33-34-35-36-37-38-39-40-41-42-43-44-45-47-49-51-53-55-57-59-61-63-65-67-69-75(79)76-73(72-83-84(80,81)82-71-70-77(3,4)5)74(78)68-66-64-62-60-58-56-54-52-50-48-46-29-27-25-23-21-19-17-15-13-11-9-7-2/h50,52,58,60,66,68,73-74,78H,6-49,51,53-57,59,61-65,67,69-72H2,1-5H3,(H-,76,79,80,81)/p+1/b52-50+,60-58+,68-66+. The van der Waals surface area contributed by atoms with Crippen molar-refractivity contribution in [3.8, 4) is 0 Å². The van der Waals surface area contributed by atoms with Gasteiger partial charge in [-0.25, -0.2) is 4.57 Å². The number of hydrogen-bond donors (Lipinski definition) is 3. The predicted molar refractivity (Wildman–Crippen MR) is 369 cm³/mol. The van der Waals surface area contributed by atoms with Crippen LogP contribution in [0.15, 0.2) is 36.5 Å². The molecule has 498 valence electrons. The van der Waals surface area contributed by atoms with E-state index in [4.69, 9.17) is 9.05 Å². The van der Waals surface area contributed by atoms with Gasteiger partial charge < -0.3 is 19.8 Å². The number of phosphoric acid groups is 1. The molecule has 0 spiro atoms. The molecule has 0 aromatic carbocycles. The van der Waals surface area contributed by atoms with Crippen molar-refractivity contribution >= 4 is 13.7 Å². The highest BCUT2D eigenvalue weighted by Crippen LogP contribution is 2.43. The van der Waals surface area contributed by atoms with Gasteiger partial charge >= 0.3 is 7.82 Å². The Hall–Kier alpha value is -1.28. The summed E-state index contributed by atoms with van der Waals surface area (Å²) in [5, 5.41) is 14.0. The molecule has 84 heavy (non-hydrogen) atoms. The minimum Gasteiger partial charge on any atom is -0.387 e. The lowest BCUT2D eigenvalue weighted by molar-refractivity contribution is -0.870. The van der Waals surface area contributed by atoms with E-state index in [1.54, 1.807) is 6.08 Å². The molecule has 3 unspecified atom stereocenters. The lowest BCUT2D eigenvalue weighted by atomic mass is 10.0. The second kappa shape index (κ2) is 66.1. The molecule has 0 aromatic heterocycles. The smallest absolute Gasteiger partial charge is 0.387 e. The van der Waals surface area contributed by atoms with Gasteiger partial charge in [0.1, 0.15) is 13.2 Å². The highest BCUT2D eigenvalue weighted by atomic mass is 31.2. The fraction of sp³-hybridized carbons (Fsp3) is 0.907. The van der Waals surface area contributed by atoms with Gasteiger partial charge in [-0.05, 0) is 44.9 Å². The van der Waals surface area contributed by atoms with Crippen molar-refractivity contribution in [2.24, 2.45) is 0 Å². The Bertz CT molecular complexity index is 1460. The van der Waals surface area contributed by atoms with Crippen LogP contribution in [-0.4, -0.2) is 73.4 Å². The zero-order chi connectivity index (χ0) is 61.2. The maximum Gasteiger partial charge on any atom is 0.472 e. The van der Waals surface area contributed by atoms with E-state index in [0.29, 0.717) is 17.4 Å². The zero-order valence-electron chi connectivity index (χ0n) is 57.2. The van der Waals surface area contributed by atoms with E-state index in [9.17, 15) is 19.4 Å². The van der Waals surface area contributed by atoms with Gasteiger partial charge in [-0.2, -0.15) is 0 Å². The molecule has 0 rings (SSSR count). The van der Waals surface area contributed by atoms with E-state index < -0.39 is 20.0 Å². The van der Waals surface area contributed by atoms with Crippen LogP contribution in [0.1, 0.15) is 386 Å². The molecule has 0 heterocycles. The number of phosphoric ester groups is 1. The first kappa shape index (κ1) is 82.7. The number of likely N-dealkylation sites (N-methyl/N-ethyl adjacent to an activating group) is 1. The summed E-state index contributed by atoms with van der Waals surface area (Å²) < 4.78 is 23.8. The van der Waals surface area contributed by atoms with Crippen LogP contribution in [0.25, 0.3) is 0 Å². The Labute approximate surface area is 525 Å². The van der Waals surface area contributed by atoms with Gasteiger partial charge in [-0.3, -0.25) is 13.8 Å². The summed E-state index contributed by atoms with van der Waals surface area (Å²) in [5.41, 5.74) is 0. The Balaban J connectivity index is 3.96. The number of nitrogens with zero attached hydrogens (tertiary/aromatic N) is 1. The fourth-order valence-corrected chi connectivity index (χ4v) is 12.3. The number of amides is 1. The van der Waals surface area contributed by atoms with Crippen LogP contribution < -0.4 is 5.32 Å². The number of hydrogen-bond acceptors (Lipinski definition) is 5. The maximum atomic E-state index is 13.1. The molecule has 0 bridgehead atoms. The van der Waals surface area contributed by atoms with E-state index in [-0.39, 0.29) is 19.1 Å². The fourth-order valence-electron chi connectivity index (χ4n) is 11.6. The topological polar surface area (TPSA) is 105 Å². The highest BCUT2D eigenvalue weighted by Gasteiger charge is 2.28. The summed E-state index contributed by atoms with van der Waals surface area (Å²) in [6, 6.07) is -0.869. The molecule has 0 radical (unpaired) electrons. The average molecular weight is 1200 g/mol. The maximum absolute atomic E-state index is 13.1. The van der Waals surface area contributed by atoms with Crippen LogP contribution in [0.5, 0.6) is 0 Å². The van der Waals surface area contributed by atoms with Crippen LogP contribution in [0, 0.1) is 0 Å². The quantitative estimate of drug-likeness (QED) is 0.0243. The molecule has 0 saturated carbocycles. The number of aliphatic hydroxyl groups excluding tert-OH is 1. The Morgan fingerprint density at radius 2 is 0.655 bits per heavy atom. The number of rotatable bonds is 70. The molecule has 3 N–H and O–H groups in total. The van der Waals surface area contributed by atoms with Gasteiger partial charge in [-0.15, -0.1) is 0 Å². The minimum absolute atomic E-state index is 0.0554. The van der Waals surface area contributed by atoms with E-state index in [1.165, 1.54) is 321 Å². The van der Waals surface area contributed by atoms with E-state index in [0.717, 1.165) is 44.9 Å². The van der Waals surface area contributed by atoms with E-state index in [2.05, 4.69) is 43.5 Å². The molecule has 0 aromatic rings. The van der Waals surface area contributed by atoms with Gasteiger partial charge in [-0.1, -0.05) is 371 Å². The van der Waals surface area contributed by atoms with Gasteiger partial charge in [0.15, 0.2) is 0 Å². The summed E-state index contributed by atoms with van der Waals surface area (Å²) in [6.07, 6.45) is 89.1. The number of aliphatic hydroxyl groups is 1. The third kappa shape index (κ3) is 68.2. The SMILES string of the molecule is CCCCCCCCCCCCCCC/C=C/CC/C=C/CC/C=C/C(O)C(COP(=O)(O)OCC[N+](C)(C)C)NC(=O)CCCCCCCCCCCCCCCCCCCCCCCCCCCCCCCCCCCCCCCCC. The van der Waals surface area contributed by atoms with Crippen LogP contribution in [0.3, 0.4) is 0 Å². The molecule has 1 amide bonds. The van der Waals surface area contributed by atoms with E-state index >= 15 is 0 Å². The van der Waals surface area contributed by atoms with Gasteiger partial charge in [0, 0.05) is 6.42 Å². The number of quaternary nitrogens is 1. The van der Waals surface area contributed by atoms with E-state index in [1.807, 2.05) is 27.2 Å². The molecule has 3 atom stereocenters. The molecule has 9 heteroatoms. The number of carbonyl (C=O) groups excluding carboxylic acids is 1. The Morgan fingerprint density at radius 1 is 0.393 bits per heavy atom. The Morgan fingerprint density at radius 3 is 0.952 bits per heavy atom. The average Bonchev–Trinajstić information content (AvgIpc) is 3.56. The van der Waals surface area contributed by atoms with Crippen molar-refractivity contribution in [2.75, 3.05) is 40.9 Å². The minimum atomic E-state index is -4.36. The second-order valence-corrected chi connectivity index (χ2v) is 28.5. The molecule has 0 aliphatic carbocycles. The highest BCUT2D eigenvalue weighted by molar-refractivity contribution is 7.47. The number of nitrogens with one attached hydrogen (secondary N) is 1. The first-order valence-electron chi connectivity index (χ1n) is 37.4. The molecule has 0 fully saturated rings. The normalized spacial score (nSPS) is 13.8.